The third-order valence-corrected chi connectivity index (χ3v) is 4.24. The topological polar surface area (TPSA) is 27.8 Å². The van der Waals surface area contributed by atoms with Crippen molar-refractivity contribution in [2.45, 2.75) is 32.2 Å². The molecule has 0 amide bonds. The zero-order valence-electron chi connectivity index (χ0n) is 10.2. The predicted molar refractivity (Wildman–Crippen MR) is 70.2 cm³/mol. The van der Waals surface area contributed by atoms with Gasteiger partial charge >= 0.3 is 0 Å². The molecule has 0 spiro atoms. The Morgan fingerprint density at radius 2 is 2.12 bits per heavy atom. The van der Waals surface area contributed by atoms with Gasteiger partial charge < -0.3 is 10.3 Å². The molecule has 0 saturated heterocycles. The third kappa shape index (κ3) is 1.44. The number of hydrogen-bond donors (Lipinski definition) is 2. The van der Waals surface area contributed by atoms with Gasteiger partial charge in [-0.2, -0.15) is 0 Å². The van der Waals surface area contributed by atoms with Gasteiger partial charge in [-0.3, -0.25) is 0 Å². The summed E-state index contributed by atoms with van der Waals surface area (Å²) in [6.07, 6.45) is 3.96. The van der Waals surface area contributed by atoms with Crippen LogP contribution >= 0.6 is 0 Å². The fourth-order valence-electron chi connectivity index (χ4n) is 3.21. The Bertz CT molecular complexity index is 578. The number of aryl methyl sites for hydroxylation is 1. The van der Waals surface area contributed by atoms with E-state index in [1.54, 1.807) is 5.56 Å². The van der Waals surface area contributed by atoms with Gasteiger partial charge in [0.05, 0.1) is 6.04 Å². The van der Waals surface area contributed by atoms with Crippen molar-refractivity contribution in [3.8, 4) is 0 Å². The molecule has 1 fully saturated rings. The van der Waals surface area contributed by atoms with Gasteiger partial charge in [-0.1, -0.05) is 12.1 Å². The van der Waals surface area contributed by atoms with Crippen LogP contribution in [0.1, 0.15) is 35.7 Å². The normalized spacial score (nSPS) is 23.9. The minimum absolute atomic E-state index is 0.589. The van der Waals surface area contributed by atoms with E-state index < -0.39 is 0 Å². The maximum Gasteiger partial charge on any atom is 0.0504 e. The van der Waals surface area contributed by atoms with E-state index in [1.165, 1.54) is 41.4 Å². The third-order valence-electron chi connectivity index (χ3n) is 4.24. The van der Waals surface area contributed by atoms with Crippen molar-refractivity contribution in [2.24, 2.45) is 5.92 Å². The van der Waals surface area contributed by atoms with E-state index in [0.717, 1.165) is 12.5 Å². The van der Waals surface area contributed by atoms with Crippen LogP contribution in [0.3, 0.4) is 0 Å². The smallest absolute Gasteiger partial charge is 0.0504 e. The quantitative estimate of drug-likeness (QED) is 0.768. The summed E-state index contributed by atoms with van der Waals surface area (Å²) in [4.78, 5) is 3.67. The lowest BCUT2D eigenvalue weighted by Crippen LogP contribution is -2.30. The summed E-state index contributed by atoms with van der Waals surface area (Å²) < 4.78 is 0. The average Bonchev–Trinajstić information content (AvgIpc) is 3.09. The fraction of sp³-hybridized carbons (Fsp3) is 0.467. The molecule has 4 rings (SSSR count). The molecule has 88 valence electrons. The van der Waals surface area contributed by atoms with Crippen LogP contribution in [-0.4, -0.2) is 11.5 Å². The number of benzene rings is 1. The van der Waals surface area contributed by atoms with Gasteiger partial charge in [0, 0.05) is 16.6 Å². The molecular weight excluding hydrogens is 208 g/mol. The summed E-state index contributed by atoms with van der Waals surface area (Å²) >= 11 is 0. The monoisotopic (exact) mass is 226 g/mol. The van der Waals surface area contributed by atoms with Crippen molar-refractivity contribution in [3.05, 3.63) is 35.0 Å². The van der Waals surface area contributed by atoms with Crippen LogP contribution in [0.25, 0.3) is 10.9 Å². The van der Waals surface area contributed by atoms with Crippen molar-refractivity contribution >= 4 is 10.9 Å². The van der Waals surface area contributed by atoms with E-state index in [4.69, 9.17) is 0 Å². The second-order valence-corrected chi connectivity index (χ2v) is 5.59. The number of fused-ring (bicyclic) bond motifs is 3. The van der Waals surface area contributed by atoms with E-state index in [-0.39, 0.29) is 0 Å². The van der Waals surface area contributed by atoms with Gasteiger partial charge in [-0.25, -0.2) is 0 Å². The minimum atomic E-state index is 0.589. The first-order chi connectivity index (χ1) is 8.33. The van der Waals surface area contributed by atoms with E-state index >= 15 is 0 Å². The molecule has 1 aromatic carbocycles. The van der Waals surface area contributed by atoms with Crippen LogP contribution in [0.2, 0.25) is 0 Å². The molecule has 1 aromatic heterocycles. The molecule has 1 unspecified atom stereocenters. The Kier molecular flexibility index (Phi) is 1.92. The van der Waals surface area contributed by atoms with Crippen molar-refractivity contribution < 1.29 is 0 Å². The van der Waals surface area contributed by atoms with Crippen LogP contribution in [0.15, 0.2) is 18.2 Å². The van der Waals surface area contributed by atoms with Crippen molar-refractivity contribution in [3.63, 3.8) is 0 Å². The molecule has 17 heavy (non-hydrogen) atoms. The molecule has 1 aliphatic carbocycles. The Morgan fingerprint density at radius 3 is 2.94 bits per heavy atom. The maximum absolute atomic E-state index is 3.68. The number of nitrogens with one attached hydrogen (secondary N) is 2. The summed E-state index contributed by atoms with van der Waals surface area (Å²) in [5, 5.41) is 5.12. The van der Waals surface area contributed by atoms with Crippen molar-refractivity contribution in [2.75, 3.05) is 6.54 Å². The van der Waals surface area contributed by atoms with Crippen LogP contribution in [0, 0.1) is 12.8 Å². The lowest BCUT2D eigenvalue weighted by Gasteiger charge is -2.24. The molecule has 1 atom stereocenters. The van der Waals surface area contributed by atoms with E-state index in [2.05, 4.69) is 35.4 Å². The Labute approximate surface area is 101 Å². The molecule has 1 aliphatic heterocycles. The summed E-state index contributed by atoms with van der Waals surface area (Å²) in [6.45, 7) is 3.30. The van der Waals surface area contributed by atoms with Crippen molar-refractivity contribution in [1.29, 1.82) is 0 Å². The summed E-state index contributed by atoms with van der Waals surface area (Å²) in [5.74, 6) is 0.878. The lowest BCUT2D eigenvalue weighted by molar-refractivity contribution is 0.451. The van der Waals surface area contributed by atoms with Crippen LogP contribution in [0.4, 0.5) is 0 Å². The highest BCUT2D eigenvalue weighted by atomic mass is 15.0. The standard InChI is InChI=1S/C15H18N2/c1-9-2-5-11-12-6-7-16-14(10-3-4-10)15(12)17-13(11)8-9/h2,5,8,10,14,16-17H,3-4,6-7H2,1H3. The van der Waals surface area contributed by atoms with Gasteiger partial charge in [0.25, 0.3) is 0 Å². The number of aromatic amines is 1. The zero-order chi connectivity index (χ0) is 11.4. The molecule has 0 bridgehead atoms. The first-order valence-corrected chi connectivity index (χ1v) is 6.67. The SMILES string of the molecule is Cc1ccc2c3c([nH]c2c1)C(C1CC1)NCC3. The van der Waals surface area contributed by atoms with Gasteiger partial charge in [0.15, 0.2) is 0 Å². The average molecular weight is 226 g/mol. The lowest BCUT2D eigenvalue weighted by atomic mass is 9.96. The van der Waals surface area contributed by atoms with Crippen LogP contribution in [0.5, 0.6) is 0 Å². The van der Waals surface area contributed by atoms with Gasteiger partial charge in [0.2, 0.25) is 0 Å². The second kappa shape index (κ2) is 3.36. The first-order valence-electron chi connectivity index (χ1n) is 6.67. The number of rotatable bonds is 1. The van der Waals surface area contributed by atoms with Gasteiger partial charge in [-0.15, -0.1) is 0 Å². The molecular formula is C15H18N2. The predicted octanol–water partition coefficient (Wildman–Crippen LogP) is 3.07. The summed E-state index contributed by atoms with van der Waals surface area (Å²) in [6, 6.07) is 7.38. The van der Waals surface area contributed by atoms with E-state index in [0.29, 0.717) is 6.04 Å². The molecule has 2 heterocycles. The van der Waals surface area contributed by atoms with Gasteiger partial charge in [0.1, 0.15) is 0 Å². The number of H-pyrrole nitrogens is 1. The Hall–Kier alpha value is -1.28. The van der Waals surface area contributed by atoms with Crippen molar-refractivity contribution in [1.82, 2.24) is 10.3 Å². The highest BCUT2D eigenvalue weighted by Gasteiger charge is 2.36. The fourth-order valence-corrected chi connectivity index (χ4v) is 3.21. The number of hydrogen-bond acceptors (Lipinski definition) is 1. The minimum Gasteiger partial charge on any atom is -0.357 e. The van der Waals surface area contributed by atoms with Gasteiger partial charge in [-0.05, 0) is 55.8 Å². The molecule has 2 nitrogen and oxygen atoms in total. The van der Waals surface area contributed by atoms with E-state index in [9.17, 15) is 0 Å². The molecule has 1 saturated carbocycles. The molecule has 2 aliphatic rings. The summed E-state index contributed by atoms with van der Waals surface area (Å²) in [7, 11) is 0. The second-order valence-electron chi connectivity index (χ2n) is 5.59. The molecule has 2 N–H and O–H groups in total. The first kappa shape index (κ1) is 9.72. The Balaban J connectivity index is 1.93. The largest absolute Gasteiger partial charge is 0.357 e. The van der Waals surface area contributed by atoms with Crippen LogP contribution < -0.4 is 5.32 Å². The number of aromatic nitrogens is 1. The highest BCUT2D eigenvalue weighted by molar-refractivity contribution is 5.85. The Morgan fingerprint density at radius 1 is 1.24 bits per heavy atom. The maximum atomic E-state index is 3.68. The zero-order valence-corrected chi connectivity index (χ0v) is 10.2. The molecule has 0 radical (unpaired) electrons. The summed E-state index contributed by atoms with van der Waals surface area (Å²) in [5.41, 5.74) is 5.70. The van der Waals surface area contributed by atoms with E-state index in [1.807, 2.05) is 0 Å². The molecule has 2 heteroatoms. The highest BCUT2D eigenvalue weighted by Crippen LogP contribution is 2.44. The molecule has 2 aromatic rings. The van der Waals surface area contributed by atoms with Crippen LogP contribution in [-0.2, 0) is 6.42 Å².